The first-order valence-corrected chi connectivity index (χ1v) is 4.64. The number of hydrogen-bond donors (Lipinski definition) is 2. The molecule has 1 heterocycles. The fourth-order valence-corrected chi connectivity index (χ4v) is 1.66. The van der Waals surface area contributed by atoms with Crippen molar-refractivity contribution in [2.45, 2.75) is 0 Å². The first-order valence-electron chi connectivity index (χ1n) is 4.64. The molecule has 1 aromatic carbocycles. The van der Waals surface area contributed by atoms with Crippen molar-refractivity contribution in [3.8, 4) is 0 Å². The van der Waals surface area contributed by atoms with Crippen molar-refractivity contribution < 1.29 is 9.72 Å². The maximum absolute atomic E-state index is 11.3. The summed E-state index contributed by atoms with van der Waals surface area (Å²) in [6, 6.07) is 6.46. The van der Waals surface area contributed by atoms with Gasteiger partial charge in [-0.05, 0) is 6.07 Å². The third-order valence-corrected chi connectivity index (χ3v) is 2.32. The van der Waals surface area contributed by atoms with Gasteiger partial charge in [0, 0.05) is 5.39 Å². The van der Waals surface area contributed by atoms with Crippen molar-refractivity contribution in [3.63, 3.8) is 0 Å². The minimum Gasteiger partial charge on any atom is -0.378 e. The number of carbonyl (C=O) groups excluding carboxylic acids is 1. The SMILES string of the molecule is NC(=O)c1c([N+](=O)[O-])c(N)nc2ccccc12. The minimum atomic E-state index is -0.901. The van der Waals surface area contributed by atoms with Gasteiger partial charge in [-0.3, -0.25) is 14.9 Å². The van der Waals surface area contributed by atoms with Crippen LogP contribution in [0.5, 0.6) is 0 Å². The summed E-state index contributed by atoms with van der Waals surface area (Å²) in [5.41, 5.74) is 10.3. The Balaban J connectivity index is 2.99. The summed E-state index contributed by atoms with van der Waals surface area (Å²) in [4.78, 5) is 25.3. The highest BCUT2D eigenvalue weighted by atomic mass is 16.6. The second-order valence-corrected chi connectivity index (χ2v) is 3.36. The summed E-state index contributed by atoms with van der Waals surface area (Å²) in [6.45, 7) is 0. The summed E-state index contributed by atoms with van der Waals surface area (Å²) >= 11 is 0. The monoisotopic (exact) mass is 232 g/mol. The lowest BCUT2D eigenvalue weighted by Crippen LogP contribution is -2.16. The number of nitrogen functional groups attached to an aromatic ring is 1. The highest BCUT2D eigenvalue weighted by Gasteiger charge is 2.26. The number of carbonyl (C=O) groups is 1. The van der Waals surface area contributed by atoms with E-state index < -0.39 is 16.5 Å². The van der Waals surface area contributed by atoms with Crippen LogP contribution in [-0.4, -0.2) is 15.8 Å². The molecule has 7 heteroatoms. The number of anilines is 1. The number of fused-ring (bicyclic) bond motifs is 1. The maximum Gasteiger partial charge on any atom is 0.324 e. The molecule has 17 heavy (non-hydrogen) atoms. The maximum atomic E-state index is 11.3. The number of nitro groups is 1. The van der Waals surface area contributed by atoms with Crippen LogP contribution < -0.4 is 11.5 Å². The van der Waals surface area contributed by atoms with Crippen LogP contribution in [0.2, 0.25) is 0 Å². The Kier molecular flexibility index (Phi) is 2.36. The first kappa shape index (κ1) is 10.8. The second-order valence-electron chi connectivity index (χ2n) is 3.36. The number of amides is 1. The number of rotatable bonds is 2. The number of pyridine rings is 1. The van der Waals surface area contributed by atoms with Gasteiger partial charge in [0.1, 0.15) is 5.56 Å². The Hall–Kier alpha value is -2.70. The van der Waals surface area contributed by atoms with Gasteiger partial charge in [0.2, 0.25) is 5.82 Å². The van der Waals surface area contributed by atoms with E-state index in [4.69, 9.17) is 11.5 Å². The molecule has 0 atom stereocenters. The Morgan fingerprint density at radius 2 is 2.00 bits per heavy atom. The lowest BCUT2D eigenvalue weighted by Gasteiger charge is -2.05. The number of nitrogens with zero attached hydrogens (tertiary/aromatic N) is 2. The number of primary amides is 1. The summed E-state index contributed by atoms with van der Waals surface area (Å²) in [5, 5.41) is 11.2. The average Bonchev–Trinajstić information content (AvgIpc) is 2.26. The molecule has 0 spiro atoms. The first-order chi connectivity index (χ1) is 8.02. The summed E-state index contributed by atoms with van der Waals surface area (Å²) in [7, 11) is 0. The lowest BCUT2D eigenvalue weighted by molar-refractivity contribution is -0.384. The molecule has 0 radical (unpaired) electrons. The fraction of sp³-hybridized carbons (Fsp3) is 0. The summed E-state index contributed by atoms with van der Waals surface area (Å²) in [5.74, 6) is -1.22. The molecular formula is C10H8N4O3. The molecule has 2 rings (SSSR count). The molecule has 7 nitrogen and oxygen atoms in total. The minimum absolute atomic E-state index is 0.210. The van der Waals surface area contributed by atoms with Crippen LogP contribution in [0.25, 0.3) is 10.9 Å². The van der Waals surface area contributed by atoms with E-state index in [1.54, 1.807) is 18.2 Å². The molecule has 1 amide bonds. The molecule has 4 N–H and O–H groups in total. The molecule has 0 aliphatic rings. The molecule has 0 fully saturated rings. The average molecular weight is 232 g/mol. The normalized spacial score (nSPS) is 10.4. The topological polar surface area (TPSA) is 125 Å². The molecule has 0 unspecified atom stereocenters. The van der Waals surface area contributed by atoms with Gasteiger partial charge in [-0.2, -0.15) is 0 Å². The fourth-order valence-electron chi connectivity index (χ4n) is 1.66. The van der Waals surface area contributed by atoms with Crippen LogP contribution in [0.15, 0.2) is 24.3 Å². The Labute approximate surface area is 95.2 Å². The predicted molar refractivity (Wildman–Crippen MR) is 61.3 cm³/mol. The molecule has 0 aliphatic carbocycles. The highest BCUT2D eigenvalue weighted by molar-refractivity contribution is 6.10. The second kappa shape index (κ2) is 3.71. The number of benzene rings is 1. The molecular weight excluding hydrogens is 224 g/mol. The van der Waals surface area contributed by atoms with Crippen molar-refractivity contribution in [1.29, 1.82) is 0 Å². The van der Waals surface area contributed by atoms with Crippen LogP contribution in [-0.2, 0) is 0 Å². The van der Waals surface area contributed by atoms with Gasteiger partial charge in [0.25, 0.3) is 5.91 Å². The van der Waals surface area contributed by atoms with E-state index in [9.17, 15) is 14.9 Å². The van der Waals surface area contributed by atoms with Gasteiger partial charge < -0.3 is 11.5 Å². The van der Waals surface area contributed by atoms with E-state index in [1.165, 1.54) is 6.07 Å². The van der Waals surface area contributed by atoms with E-state index in [1.807, 2.05) is 0 Å². The van der Waals surface area contributed by atoms with Crippen molar-refractivity contribution in [3.05, 3.63) is 39.9 Å². The number of nitrogens with two attached hydrogens (primary N) is 2. The van der Waals surface area contributed by atoms with Gasteiger partial charge in [0.05, 0.1) is 10.4 Å². The third kappa shape index (κ3) is 1.63. The zero-order valence-electron chi connectivity index (χ0n) is 8.58. The predicted octanol–water partition coefficient (Wildman–Crippen LogP) is 0.824. The summed E-state index contributed by atoms with van der Waals surface area (Å²) in [6.07, 6.45) is 0. The van der Waals surface area contributed by atoms with Crippen molar-refractivity contribution in [2.24, 2.45) is 5.73 Å². The molecule has 1 aromatic heterocycles. The lowest BCUT2D eigenvalue weighted by atomic mass is 10.1. The largest absolute Gasteiger partial charge is 0.378 e. The molecule has 0 saturated carbocycles. The van der Waals surface area contributed by atoms with E-state index in [-0.39, 0.29) is 11.4 Å². The summed E-state index contributed by atoms with van der Waals surface area (Å²) < 4.78 is 0. The molecule has 0 saturated heterocycles. The van der Waals surface area contributed by atoms with Gasteiger partial charge in [-0.15, -0.1) is 0 Å². The van der Waals surface area contributed by atoms with Gasteiger partial charge in [-0.1, -0.05) is 18.2 Å². The number of aromatic nitrogens is 1. The van der Waals surface area contributed by atoms with E-state index >= 15 is 0 Å². The van der Waals surface area contributed by atoms with E-state index in [0.29, 0.717) is 10.9 Å². The Morgan fingerprint density at radius 3 is 2.59 bits per heavy atom. The Morgan fingerprint density at radius 1 is 1.35 bits per heavy atom. The Bertz CT molecular complexity index is 639. The van der Waals surface area contributed by atoms with Crippen LogP contribution in [0.3, 0.4) is 0 Å². The molecule has 86 valence electrons. The van der Waals surface area contributed by atoms with Gasteiger partial charge >= 0.3 is 5.69 Å². The zero-order chi connectivity index (χ0) is 12.6. The number of para-hydroxylation sites is 1. The molecule has 0 aliphatic heterocycles. The van der Waals surface area contributed by atoms with E-state index in [0.717, 1.165) is 0 Å². The molecule has 2 aromatic rings. The van der Waals surface area contributed by atoms with Crippen molar-refractivity contribution >= 4 is 28.3 Å². The van der Waals surface area contributed by atoms with Gasteiger partial charge in [-0.25, -0.2) is 4.98 Å². The van der Waals surface area contributed by atoms with Crippen LogP contribution in [0.1, 0.15) is 10.4 Å². The van der Waals surface area contributed by atoms with Crippen LogP contribution in [0.4, 0.5) is 11.5 Å². The van der Waals surface area contributed by atoms with Crippen LogP contribution in [0, 0.1) is 10.1 Å². The number of hydrogen-bond acceptors (Lipinski definition) is 5. The smallest absolute Gasteiger partial charge is 0.324 e. The quantitative estimate of drug-likeness (QED) is 0.585. The van der Waals surface area contributed by atoms with Crippen molar-refractivity contribution in [2.75, 3.05) is 5.73 Å². The third-order valence-electron chi connectivity index (χ3n) is 2.32. The standard InChI is InChI=1S/C10H8N4O3/c11-9-8(14(16)17)7(10(12)15)5-3-1-2-4-6(5)13-9/h1-4H,(H2,11,13)(H2,12,15). The van der Waals surface area contributed by atoms with Crippen molar-refractivity contribution in [1.82, 2.24) is 4.98 Å². The van der Waals surface area contributed by atoms with Crippen LogP contribution >= 0.6 is 0 Å². The van der Waals surface area contributed by atoms with Gasteiger partial charge in [0.15, 0.2) is 0 Å². The molecule has 0 bridgehead atoms. The zero-order valence-corrected chi connectivity index (χ0v) is 8.58. The van der Waals surface area contributed by atoms with E-state index in [2.05, 4.69) is 4.98 Å². The highest BCUT2D eigenvalue weighted by Crippen LogP contribution is 2.30.